The van der Waals surface area contributed by atoms with Crippen LogP contribution in [-0.4, -0.2) is 36.0 Å². The molecule has 0 radical (unpaired) electrons. The summed E-state index contributed by atoms with van der Waals surface area (Å²) in [4.78, 5) is 11.6. The summed E-state index contributed by atoms with van der Waals surface area (Å²) in [5.41, 5.74) is -0.515. The van der Waals surface area contributed by atoms with Crippen LogP contribution in [-0.2, 0) is 25.9 Å². The van der Waals surface area contributed by atoms with Gasteiger partial charge in [-0.15, -0.1) is 0 Å². The Labute approximate surface area is 107 Å². The van der Waals surface area contributed by atoms with Crippen LogP contribution < -0.4 is 0 Å². The predicted molar refractivity (Wildman–Crippen MR) is 65.8 cm³/mol. The van der Waals surface area contributed by atoms with Gasteiger partial charge in [0.15, 0.2) is 9.84 Å². The van der Waals surface area contributed by atoms with Gasteiger partial charge in [-0.1, -0.05) is 0 Å². The fourth-order valence-electron chi connectivity index (χ4n) is 1.26. The quantitative estimate of drug-likeness (QED) is 0.766. The number of hydrogen-bond acceptors (Lipinski definition) is 5. The van der Waals surface area contributed by atoms with Crippen LogP contribution in [0.25, 0.3) is 0 Å². The van der Waals surface area contributed by atoms with Crippen LogP contribution in [0.15, 0.2) is 17.3 Å². The monoisotopic (exact) mass is 274 g/mol. The number of ether oxygens (including phenoxy) is 1. The molecular formula is C11H18N2O4S. The fraction of sp³-hybridized carbons (Fsp3) is 0.636. The normalized spacial score (nSPS) is 12.4. The molecule has 0 unspecified atom stereocenters. The number of carbonyl (C=O) groups excluding carboxylic acids is 1. The summed E-state index contributed by atoms with van der Waals surface area (Å²) in [6, 6.07) is 0. The van der Waals surface area contributed by atoms with Gasteiger partial charge in [-0.05, 0) is 20.8 Å². The van der Waals surface area contributed by atoms with Crippen molar-refractivity contribution < 1.29 is 17.9 Å². The van der Waals surface area contributed by atoms with Crippen molar-refractivity contribution in [3.8, 4) is 0 Å². The van der Waals surface area contributed by atoms with Gasteiger partial charge in [-0.3, -0.25) is 9.48 Å². The molecule has 7 heteroatoms. The smallest absolute Gasteiger partial charge is 0.308 e. The van der Waals surface area contributed by atoms with Gasteiger partial charge in [0, 0.05) is 12.5 Å². The molecule has 0 aliphatic rings. The van der Waals surface area contributed by atoms with E-state index in [9.17, 15) is 13.2 Å². The fourth-order valence-corrected chi connectivity index (χ4v) is 1.81. The van der Waals surface area contributed by atoms with Gasteiger partial charge in [0.25, 0.3) is 0 Å². The molecule has 0 fully saturated rings. The first-order chi connectivity index (χ1) is 8.08. The minimum absolute atomic E-state index is 0.145. The third-order valence-electron chi connectivity index (χ3n) is 2.00. The second kappa shape index (κ2) is 5.09. The molecule has 0 N–H and O–H groups in total. The molecule has 1 heterocycles. The standard InChI is InChI=1S/C11H18N2O4S/c1-11(2,3)17-10(14)5-6-13-8-9(7-12-13)18(4,15)16/h7-8H,5-6H2,1-4H3. The van der Waals surface area contributed by atoms with Crippen molar-refractivity contribution in [3.05, 3.63) is 12.4 Å². The van der Waals surface area contributed by atoms with E-state index >= 15 is 0 Å². The average Bonchev–Trinajstić information content (AvgIpc) is 2.59. The molecule has 102 valence electrons. The molecule has 0 aliphatic heterocycles. The predicted octanol–water partition coefficient (Wildman–Crippen LogP) is 1.02. The lowest BCUT2D eigenvalue weighted by Gasteiger charge is -2.19. The van der Waals surface area contributed by atoms with E-state index in [1.165, 1.54) is 17.1 Å². The van der Waals surface area contributed by atoms with Gasteiger partial charge in [0.2, 0.25) is 0 Å². The van der Waals surface area contributed by atoms with E-state index in [4.69, 9.17) is 4.74 Å². The Balaban J connectivity index is 2.55. The summed E-state index contributed by atoms with van der Waals surface area (Å²) in [6.45, 7) is 5.67. The van der Waals surface area contributed by atoms with E-state index in [0.29, 0.717) is 6.54 Å². The van der Waals surface area contributed by atoms with Crippen molar-refractivity contribution in [2.45, 2.75) is 44.2 Å². The van der Waals surface area contributed by atoms with Gasteiger partial charge in [-0.25, -0.2) is 8.42 Å². The zero-order valence-corrected chi connectivity index (χ0v) is 11.8. The number of carbonyl (C=O) groups is 1. The molecule has 0 aromatic carbocycles. The lowest BCUT2D eigenvalue weighted by molar-refractivity contribution is -0.155. The van der Waals surface area contributed by atoms with E-state index in [0.717, 1.165) is 6.26 Å². The molecule has 0 saturated carbocycles. The molecular weight excluding hydrogens is 256 g/mol. The second-order valence-electron chi connectivity index (χ2n) is 5.05. The van der Waals surface area contributed by atoms with E-state index in [1.807, 2.05) is 0 Å². The van der Waals surface area contributed by atoms with Crippen molar-refractivity contribution >= 4 is 15.8 Å². The highest BCUT2D eigenvalue weighted by Crippen LogP contribution is 2.10. The Hall–Kier alpha value is -1.37. The minimum atomic E-state index is -3.25. The van der Waals surface area contributed by atoms with Gasteiger partial charge >= 0.3 is 5.97 Å². The summed E-state index contributed by atoms with van der Waals surface area (Å²) in [7, 11) is -3.25. The maximum atomic E-state index is 11.5. The number of esters is 1. The minimum Gasteiger partial charge on any atom is -0.460 e. The van der Waals surface area contributed by atoms with Crippen LogP contribution in [0.5, 0.6) is 0 Å². The molecule has 0 saturated heterocycles. The molecule has 0 aliphatic carbocycles. The highest BCUT2D eigenvalue weighted by Gasteiger charge is 2.16. The summed E-state index contributed by atoms with van der Waals surface area (Å²) in [6.07, 6.45) is 3.94. The molecule has 0 amide bonds. The Bertz CT molecular complexity index is 525. The van der Waals surface area contributed by atoms with E-state index in [1.54, 1.807) is 20.8 Å². The molecule has 0 bridgehead atoms. The lowest BCUT2D eigenvalue weighted by Crippen LogP contribution is -2.24. The van der Waals surface area contributed by atoms with Gasteiger partial charge in [0.05, 0.1) is 19.2 Å². The molecule has 0 atom stereocenters. The van der Waals surface area contributed by atoms with Crippen LogP contribution in [0.1, 0.15) is 27.2 Å². The zero-order chi connectivity index (χ0) is 14.0. The van der Waals surface area contributed by atoms with Crippen LogP contribution in [0.4, 0.5) is 0 Å². The highest BCUT2D eigenvalue weighted by atomic mass is 32.2. The summed E-state index contributed by atoms with van der Waals surface area (Å²) < 4.78 is 29.0. The molecule has 1 aromatic rings. The number of aryl methyl sites for hydroxylation is 1. The Morgan fingerprint density at radius 3 is 2.50 bits per heavy atom. The van der Waals surface area contributed by atoms with Crippen molar-refractivity contribution in [1.29, 1.82) is 0 Å². The number of sulfone groups is 1. The Morgan fingerprint density at radius 2 is 2.06 bits per heavy atom. The molecule has 18 heavy (non-hydrogen) atoms. The average molecular weight is 274 g/mol. The van der Waals surface area contributed by atoms with Crippen molar-refractivity contribution in [2.24, 2.45) is 0 Å². The number of hydrogen-bond donors (Lipinski definition) is 0. The molecule has 1 rings (SSSR count). The zero-order valence-electron chi connectivity index (χ0n) is 11.0. The maximum Gasteiger partial charge on any atom is 0.308 e. The summed E-state index contributed by atoms with van der Waals surface area (Å²) >= 11 is 0. The van der Waals surface area contributed by atoms with E-state index < -0.39 is 15.4 Å². The highest BCUT2D eigenvalue weighted by molar-refractivity contribution is 7.90. The molecule has 1 aromatic heterocycles. The summed E-state index contributed by atoms with van der Waals surface area (Å²) in [5, 5.41) is 3.88. The largest absolute Gasteiger partial charge is 0.460 e. The Morgan fingerprint density at radius 1 is 1.44 bits per heavy atom. The maximum absolute atomic E-state index is 11.5. The second-order valence-corrected chi connectivity index (χ2v) is 7.06. The first-order valence-electron chi connectivity index (χ1n) is 5.52. The number of rotatable bonds is 4. The first kappa shape index (κ1) is 14.7. The van der Waals surface area contributed by atoms with Crippen molar-refractivity contribution in [2.75, 3.05) is 6.26 Å². The van der Waals surface area contributed by atoms with Crippen molar-refractivity contribution in [1.82, 2.24) is 9.78 Å². The number of aromatic nitrogens is 2. The third-order valence-corrected chi connectivity index (χ3v) is 3.07. The number of nitrogens with zero attached hydrogens (tertiary/aromatic N) is 2. The van der Waals surface area contributed by atoms with Crippen LogP contribution >= 0.6 is 0 Å². The van der Waals surface area contributed by atoms with Gasteiger partial charge in [-0.2, -0.15) is 5.10 Å². The Kier molecular flexibility index (Phi) is 4.16. The van der Waals surface area contributed by atoms with E-state index in [2.05, 4.69) is 5.10 Å². The van der Waals surface area contributed by atoms with Gasteiger partial charge in [0.1, 0.15) is 10.5 Å². The van der Waals surface area contributed by atoms with Crippen LogP contribution in [0, 0.1) is 0 Å². The molecule has 0 spiro atoms. The topological polar surface area (TPSA) is 78.3 Å². The van der Waals surface area contributed by atoms with Gasteiger partial charge < -0.3 is 4.74 Å². The first-order valence-corrected chi connectivity index (χ1v) is 7.41. The third kappa shape index (κ3) is 4.87. The lowest BCUT2D eigenvalue weighted by atomic mass is 10.2. The van der Waals surface area contributed by atoms with Crippen LogP contribution in [0.3, 0.4) is 0 Å². The molecule has 6 nitrogen and oxygen atoms in total. The SMILES string of the molecule is CC(C)(C)OC(=O)CCn1cc(S(C)(=O)=O)cn1. The summed E-state index contributed by atoms with van der Waals surface area (Å²) in [5.74, 6) is -0.334. The van der Waals surface area contributed by atoms with E-state index in [-0.39, 0.29) is 17.3 Å². The van der Waals surface area contributed by atoms with Crippen LogP contribution in [0.2, 0.25) is 0 Å². The van der Waals surface area contributed by atoms with Crippen molar-refractivity contribution in [3.63, 3.8) is 0 Å².